The van der Waals surface area contributed by atoms with Crippen molar-refractivity contribution in [3.63, 3.8) is 0 Å². The predicted molar refractivity (Wildman–Crippen MR) is 85.5 cm³/mol. The van der Waals surface area contributed by atoms with Crippen LogP contribution in [0.5, 0.6) is 0 Å². The molecule has 3 rings (SSSR count). The Hall–Kier alpha value is -3.22. The number of methoxy groups -OCH3 is 2. The first kappa shape index (κ1) is 15.7. The molecule has 0 aliphatic rings. The molecular formula is C17H15N3O4. The largest absolute Gasteiger partial charge is 0.469 e. The monoisotopic (exact) mass is 325 g/mol. The van der Waals surface area contributed by atoms with Gasteiger partial charge >= 0.3 is 11.9 Å². The van der Waals surface area contributed by atoms with Crippen LogP contribution in [0.4, 0.5) is 0 Å². The van der Waals surface area contributed by atoms with E-state index in [1.165, 1.54) is 24.9 Å². The predicted octanol–water partition coefficient (Wildman–Crippen LogP) is 1.90. The highest BCUT2D eigenvalue weighted by Gasteiger charge is 2.21. The zero-order valence-electron chi connectivity index (χ0n) is 13.2. The molecule has 24 heavy (non-hydrogen) atoms. The van der Waals surface area contributed by atoms with Gasteiger partial charge in [-0.05, 0) is 5.56 Å². The summed E-state index contributed by atoms with van der Waals surface area (Å²) in [5, 5.41) is 4.30. The highest BCUT2D eigenvalue weighted by Crippen LogP contribution is 2.25. The average Bonchev–Trinajstić information content (AvgIpc) is 3.06. The molecule has 0 radical (unpaired) electrons. The van der Waals surface area contributed by atoms with Gasteiger partial charge in [0.25, 0.3) is 0 Å². The first-order valence-corrected chi connectivity index (χ1v) is 7.22. The summed E-state index contributed by atoms with van der Waals surface area (Å²) in [5.74, 6) is -1.07. The van der Waals surface area contributed by atoms with E-state index in [0.717, 1.165) is 11.1 Å². The summed E-state index contributed by atoms with van der Waals surface area (Å²) in [6.07, 6.45) is 2.93. The number of ether oxygens (including phenoxy) is 2. The zero-order valence-corrected chi connectivity index (χ0v) is 13.2. The van der Waals surface area contributed by atoms with Crippen molar-refractivity contribution in [3.8, 4) is 11.1 Å². The molecule has 0 saturated carbocycles. The summed E-state index contributed by atoms with van der Waals surface area (Å²) in [5.41, 5.74) is 2.85. The standard InChI is InChI=1S/C17H15N3O4/c1-23-15(21)8-14-13(17(22)24-2)9-18-16-12(10-19-20(14)16)11-6-4-3-5-7-11/h3-7,9-10H,8H2,1-2H3. The van der Waals surface area contributed by atoms with Crippen molar-refractivity contribution in [2.24, 2.45) is 0 Å². The number of carbonyl (C=O) groups is 2. The fourth-order valence-corrected chi connectivity index (χ4v) is 2.46. The van der Waals surface area contributed by atoms with Crippen molar-refractivity contribution in [1.29, 1.82) is 0 Å². The second-order valence-electron chi connectivity index (χ2n) is 5.02. The van der Waals surface area contributed by atoms with E-state index in [9.17, 15) is 9.59 Å². The average molecular weight is 325 g/mol. The fraction of sp³-hybridized carbons (Fsp3) is 0.176. The van der Waals surface area contributed by atoms with Gasteiger partial charge in [-0.1, -0.05) is 30.3 Å². The Kier molecular flexibility index (Phi) is 4.24. The smallest absolute Gasteiger partial charge is 0.341 e. The van der Waals surface area contributed by atoms with Crippen LogP contribution >= 0.6 is 0 Å². The summed E-state index contributed by atoms with van der Waals surface area (Å²) in [4.78, 5) is 28.0. The number of fused-ring (bicyclic) bond motifs is 1. The fourth-order valence-electron chi connectivity index (χ4n) is 2.46. The Labute approximate surface area is 137 Å². The number of carbonyl (C=O) groups excluding carboxylic acids is 2. The molecule has 0 saturated heterocycles. The van der Waals surface area contributed by atoms with E-state index in [1.54, 1.807) is 6.20 Å². The molecule has 0 N–H and O–H groups in total. The molecule has 7 nitrogen and oxygen atoms in total. The minimum atomic E-state index is -0.583. The highest BCUT2D eigenvalue weighted by molar-refractivity contribution is 5.92. The van der Waals surface area contributed by atoms with Gasteiger partial charge in [0, 0.05) is 11.8 Å². The van der Waals surface area contributed by atoms with Crippen molar-refractivity contribution >= 4 is 17.6 Å². The van der Waals surface area contributed by atoms with E-state index >= 15 is 0 Å². The summed E-state index contributed by atoms with van der Waals surface area (Å²) in [6.45, 7) is 0. The zero-order chi connectivity index (χ0) is 17.1. The first-order chi connectivity index (χ1) is 11.7. The molecular weight excluding hydrogens is 310 g/mol. The molecule has 0 spiro atoms. The van der Waals surface area contributed by atoms with E-state index in [4.69, 9.17) is 9.47 Å². The molecule has 0 atom stereocenters. The molecule has 0 aliphatic heterocycles. The van der Waals surface area contributed by atoms with Gasteiger partial charge in [-0.3, -0.25) is 4.79 Å². The van der Waals surface area contributed by atoms with Crippen molar-refractivity contribution in [2.75, 3.05) is 14.2 Å². The second-order valence-corrected chi connectivity index (χ2v) is 5.02. The Bertz CT molecular complexity index is 903. The van der Waals surface area contributed by atoms with Crippen LogP contribution in [-0.2, 0) is 20.7 Å². The van der Waals surface area contributed by atoms with E-state index in [-0.39, 0.29) is 12.0 Å². The van der Waals surface area contributed by atoms with Crippen molar-refractivity contribution in [1.82, 2.24) is 14.6 Å². The third kappa shape index (κ3) is 2.71. The van der Waals surface area contributed by atoms with Gasteiger partial charge in [-0.2, -0.15) is 5.10 Å². The van der Waals surface area contributed by atoms with Crippen LogP contribution in [0, 0.1) is 0 Å². The molecule has 0 fully saturated rings. The SMILES string of the molecule is COC(=O)Cc1c(C(=O)OC)cnc2c(-c3ccccc3)cnn12. The third-order valence-electron chi connectivity index (χ3n) is 3.66. The number of aromatic nitrogens is 3. The molecule has 0 amide bonds. The van der Waals surface area contributed by atoms with Crippen LogP contribution in [-0.4, -0.2) is 40.8 Å². The van der Waals surface area contributed by atoms with Crippen LogP contribution in [0.3, 0.4) is 0 Å². The second kappa shape index (κ2) is 6.49. The van der Waals surface area contributed by atoms with Crippen molar-refractivity contribution < 1.29 is 19.1 Å². The number of esters is 2. The van der Waals surface area contributed by atoms with Gasteiger partial charge in [0.1, 0.15) is 5.56 Å². The lowest BCUT2D eigenvalue weighted by atomic mass is 10.1. The van der Waals surface area contributed by atoms with Gasteiger partial charge < -0.3 is 9.47 Å². The minimum Gasteiger partial charge on any atom is -0.469 e. The molecule has 1 aromatic carbocycles. The summed E-state index contributed by atoms with van der Waals surface area (Å²) in [6, 6.07) is 9.62. The minimum absolute atomic E-state index is 0.115. The maximum atomic E-state index is 12.0. The topological polar surface area (TPSA) is 82.8 Å². The maximum absolute atomic E-state index is 12.0. The van der Waals surface area contributed by atoms with Crippen LogP contribution in [0.2, 0.25) is 0 Å². The number of rotatable bonds is 4. The Morgan fingerprint density at radius 1 is 1.08 bits per heavy atom. The molecule has 2 heterocycles. The van der Waals surface area contributed by atoms with Crippen molar-refractivity contribution in [2.45, 2.75) is 6.42 Å². The van der Waals surface area contributed by atoms with Crippen LogP contribution < -0.4 is 0 Å². The molecule has 0 aliphatic carbocycles. The summed E-state index contributed by atoms with van der Waals surface area (Å²) in [7, 11) is 2.56. The number of benzene rings is 1. The molecule has 3 aromatic rings. The third-order valence-corrected chi connectivity index (χ3v) is 3.66. The Morgan fingerprint density at radius 2 is 1.83 bits per heavy atom. The number of hydrogen-bond acceptors (Lipinski definition) is 6. The van der Waals surface area contributed by atoms with Crippen molar-refractivity contribution in [3.05, 3.63) is 54.0 Å². The molecule has 122 valence electrons. The highest BCUT2D eigenvalue weighted by atomic mass is 16.5. The van der Waals surface area contributed by atoms with Gasteiger partial charge in [0.15, 0.2) is 5.65 Å². The normalized spacial score (nSPS) is 10.6. The Balaban J connectivity index is 2.21. The number of nitrogens with zero attached hydrogens (tertiary/aromatic N) is 3. The van der Waals surface area contributed by atoms with E-state index < -0.39 is 11.9 Å². The van der Waals surface area contributed by atoms with E-state index in [1.807, 2.05) is 30.3 Å². The summed E-state index contributed by atoms with van der Waals surface area (Å²) < 4.78 is 10.9. The Morgan fingerprint density at radius 3 is 2.50 bits per heavy atom. The first-order valence-electron chi connectivity index (χ1n) is 7.22. The van der Waals surface area contributed by atoms with E-state index in [0.29, 0.717) is 11.3 Å². The molecule has 0 bridgehead atoms. The van der Waals surface area contributed by atoms with Crippen LogP contribution in [0.15, 0.2) is 42.7 Å². The van der Waals surface area contributed by atoms with Gasteiger partial charge in [0.05, 0.1) is 32.5 Å². The van der Waals surface area contributed by atoms with Gasteiger partial charge in [0.2, 0.25) is 0 Å². The summed E-state index contributed by atoms with van der Waals surface area (Å²) >= 11 is 0. The maximum Gasteiger partial charge on any atom is 0.341 e. The lowest BCUT2D eigenvalue weighted by Gasteiger charge is -2.09. The molecule has 0 unspecified atom stereocenters. The van der Waals surface area contributed by atoms with Crippen LogP contribution in [0.25, 0.3) is 16.8 Å². The van der Waals surface area contributed by atoms with Gasteiger partial charge in [-0.15, -0.1) is 0 Å². The van der Waals surface area contributed by atoms with E-state index in [2.05, 4.69) is 10.1 Å². The molecule has 7 heteroatoms. The van der Waals surface area contributed by atoms with Crippen LogP contribution in [0.1, 0.15) is 16.1 Å². The quantitative estimate of drug-likeness (QED) is 0.681. The number of hydrogen-bond donors (Lipinski definition) is 0. The van der Waals surface area contributed by atoms with Gasteiger partial charge in [-0.25, -0.2) is 14.3 Å². The molecule has 2 aromatic heterocycles. The lowest BCUT2D eigenvalue weighted by Crippen LogP contribution is -2.16. The lowest BCUT2D eigenvalue weighted by molar-refractivity contribution is -0.139.